The number of benzene rings is 1. The van der Waals surface area contributed by atoms with E-state index in [2.05, 4.69) is 4.72 Å². The minimum Gasteiger partial charge on any atom is -0.399 e. The molecule has 0 aliphatic heterocycles. The van der Waals surface area contributed by atoms with E-state index in [4.69, 9.17) is 5.73 Å². The lowest BCUT2D eigenvalue weighted by atomic mass is 10.2. The highest BCUT2D eigenvalue weighted by atomic mass is 32.2. The second kappa shape index (κ2) is 6.88. The SMILES string of the molecule is CCCNS(=O)(=O)N(Cc1cccc(N)c1)C(C)C. The van der Waals surface area contributed by atoms with Gasteiger partial charge in [-0.3, -0.25) is 0 Å². The molecule has 0 saturated carbocycles. The zero-order chi connectivity index (χ0) is 14.5. The van der Waals surface area contributed by atoms with Crippen LogP contribution in [0.15, 0.2) is 24.3 Å². The van der Waals surface area contributed by atoms with Gasteiger partial charge >= 0.3 is 0 Å². The predicted molar refractivity (Wildman–Crippen MR) is 78.7 cm³/mol. The standard InChI is InChI=1S/C13H23N3O2S/c1-4-8-15-19(17,18)16(11(2)3)10-12-6-5-7-13(14)9-12/h5-7,9,11,15H,4,8,10,14H2,1-3H3. The number of nitrogen functional groups attached to an aromatic ring is 1. The number of anilines is 1. The molecule has 0 aromatic heterocycles. The van der Waals surface area contributed by atoms with Crippen molar-refractivity contribution in [3.63, 3.8) is 0 Å². The Hall–Kier alpha value is -1.11. The van der Waals surface area contributed by atoms with Gasteiger partial charge in [0.2, 0.25) is 0 Å². The lowest BCUT2D eigenvalue weighted by molar-refractivity contribution is 0.342. The van der Waals surface area contributed by atoms with Crippen LogP contribution in [0.1, 0.15) is 32.8 Å². The van der Waals surface area contributed by atoms with Crippen molar-refractivity contribution in [3.05, 3.63) is 29.8 Å². The number of hydrogen-bond acceptors (Lipinski definition) is 3. The number of nitrogens with zero attached hydrogens (tertiary/aromatic N) is 1. The first-order valence-corrected chi connectivity index (χ1v) is 7.91. The van der Waals surface area contributed by atoms with E-state index >= 15 is 0 Å². The molecule has 1 rings (SSSR count). The van der Waals surface area contributed by atoms with Crippen LogP contribution in [0.5, 0.6) is 0 Å². The van der Waals surface area contributed by atoms with Crippen LogP contribution >= 0.6 is 0 Å². The quantitative estimate of drug-likeness (QED) is 0.749. The first-order chi connectivity index (χ1) is 8.86. The molecule has 0 saturated heterocycles. The highest BCUT2D eigenvalue weighted by Gasteiger charge is 2.24. The fraction of sp³-hybridized carbons (Fsp3) is 0.538. The third-order valence-electron chi connectivity index (χ3n) is 2.71. The summed E-state index contributed by atoms with van der Waals surface area (Å²) >= 11 is 0. The van der Waals surface area contributed by atoms with E-state index in [1.165, 1.54) is 4.31 Å². The number of hydrogen-bond donors (Lipinski definition) is 2. The van der Waals surface area contributed by atoms with E-state index in [0.29, 0.717) is 18.8 Å². The maximum atomic E-state index is 12.2. The third kappa shape index (κ3) is 4.81. The average Bonchev–Trinajstić information content (AvgIpc) is 2.33. The Bertz CT molecular complexity index is 500. The van der Waals surface area contributed by atoms with E-state index < -0.39 is 10.2 Å². The normalized spacial score (nSPS) is 12.3. The van der Waals surface area contributed by atoms with E-state index in [1.807, 2.05) is 32.9 Å². The zero-order valence-corrected chi connectivity index (χ0v) is 12.6. The van der Waals surface area contributed by atoms with Crippen LogP contribution in [0.2, 0.25) is 0 Å². The molecule has 108 valence electrons. The third-order valence-corrected chi connectivity index (χ3v) is 4.45. The van der Waals surface area contributed by atoms with Crippen LogP contribution in [0.4, 0.5) is 5.69 Å². The summed E-state index contributed by atoms with van der Waals surface area (Å²) in [5, 5.41) is 0. The topological polar surface area (TPSA) is 75.4 Å². The Morgan fingerprint density at radius 1 is 1.37 bits per heavy atom. The van der Waals surface area contributed by atoms with Crippen molar-refractivity contribution in [2.45, 2.75) is 39.8 Å². The molecule has 5 nitrogen and oxygen atoms in total. The molecule has 0 heterocycles. The number of nitrogens with one attached hydrogen (secondary N) is 1. The van der Waals surface area contributed by atoms with Crippen LogP contribution in [-0.4, -0.2) is 25.3 Å². The predicted octanol–water partition coefficient (Wildman–Crippen LogP) is 1.72. The van der Waals surface area contributed by atoms with Crippen molar-refractivity contribution in [2.24, 2.45) is 0 Å². The van der Waals surface area contributed by atoms with Crippen LogP contribution in [0.25, 0.3) is 0 Å². The first-order valence-electron chi connectivity index (χ1n) is 6.47. The van der Waals surface area contributed by atoms with Gasteiger partial charge in [0.25, 0.3) is 10.2 Å². The summed E-state index contributed by atoms with van der Waals surface area (Å²) in [6.45, 7) is 6.42. The summed E-state index contributed by atoms with van der Waals surface area (Å²) in [7, 11) is -3.45. The molecule has 0 aliphatic rings. The molecule has 0 spiro atoms. The number of rotatable bonds is 7. The van der Waals surface area contributed by atoms with Gasteiger partial charge in [-0.15, -0.1) is 0 Å². The molecular weight excluding hydrogens is 262 g/mol. The molecule has 1 aromatic rings. The molecule has 0 aliphatic carbocycles. The molecule has 3 N–H and O–H groups in total. The van der Waals surface area contributed by atoms with Gasteiger partial charge < -0.3 is 5.73 Å². The Morgan fingerprint density at radius 3 is 2.58 bits per heavy atom. The lowest BCUT2D eigenvalue weighted by Gasteiger charge is -2.26. The van der Waals surface area contributed by atoms with E-state index in [0.717, 1.165) is 12.0 Å². The van der Waals surface area contributed by atoms with Gasteiger partial charge in [0.05, 0.1) is 0 Å². The van der Waals surface area contributed by atoms with Crippen LogP contribution < -0.4 is 10.5 Å². The molecule has 0 bridgehead atoms. The molecule has 19 heavy (non-hydrogen) atoms. The minimum absolute atomic E-state index is 0.115. The summed E-state index contributed by atoms with van der Waals surface area (Å²) < 4.78 is 28.4. The summed E-state index contributed by atoms with van der Waals surface area (Å²) in [6, 6.07) is 7.17. The molecule has 0 radical (unpaired) electrons. The smallest absolute Gasteiger partial charge is 0.279 e. The van der Waals surface area contributed by atoms with Gasteiger partial charge in [-0.2, -0.15) is 12.7 Å². The van der Waals surface area contributed by atoms with Crippen LogP contribution in [0.3, 0.4) is 0 Å². The Labute approximate surface area is 116 Å². The van der Waals surface area contributed by atoms with Crippen molar-refractivity contribution in [3.8, 4) is 0 Å². The molecule has 6 heteroatoms. The summed E-state index contributed by atoms with van der Waals surface area (Å²) in [5.41, 5.74) is 7.24. The average molecular weight is 285 g/mol. The van der Waals surface area contributed by atoms with Gasteiger partial charge in [-0.05, 0) is 38.0 Å². The second-order valence-electron chi connectivity index (χ2n) is 4.78. The highest BCUT2D eigenvalue weighted by Crippen LogP contribution is 2.14. The van der Waals surface area contributed by atoms with Gasteiger partial charge in [0.15, 0.2) is 0 Å². The van der Waals surface area contributed by atoms with Crippen molar-refractivity contribution >= 4 is 15.9 Å². The first kappa shape index (κ1) is 15.9. The zero-order valence-electron chi connectivity index (χ0n) is 11.8. The highest BCUT2D eigenvalue weighted by molar-refractivity contribution is 7.87. The largest absolute Gasteiger partial charge is 0.399 e. The van der Waals surface area contributed by atoms with Crippen molar-refractivity contribution in [1.29, 1.82) is 0 Å². The monoisotopic (exact) mass is 285 g/mol. The van der Waals surface area contributed by atoms with Gasteiger partial charge in [0, 0.05) is 24.8 Å². The Kier molecular flexibility index (Phi) is 5.78. The van der Waals surface area contributed by atoms with E-state index in [1.54, 1.807) is 12.1 Å². The maximum Gasteiger partial charge on any atom is 0.279 e. The summed E-state index contributed by atoms with van der Waals surface area (Å²) in [5.74, 6) is 0. The van der Waals surface area contributed by atoms with Crippen LogP contribution in [0, 0.1) is 0 Å². The lowest BCUT2D eigenvalue weighted by Crippen LogP contribution is -2.44. The van der Waals surface area contributed by atoms with Gasteiger partial charge in [-0.25, -0.2) is 4.72 Å². The fourth-order valence-corrected chi connectivity index (χ4v) is 3.23. The summed E-state index contributed by atoms with van der Waals surface area (Å²) in [4.78, 5) is 0. The molecule has 0 unspecified atom stereocenters. The Morgan fingerprint density at radius 2 is 2.05 bits per heavy atom. The molecule has 0 fully saturated rings. The molecular formula is C13H23N3O2S. The van der Waals surface area contributed by atoms with Crippen molar-refractivity contribution < 1.29 is 8.42 Å². The van der Waals surface area contributed by atoms with Crippen LogP contribution in [-0.2, 0) is 16.8 Å². The van der Waals surface area contributed by atoms with Crippen molar-refractivity contribution in [1.82, 2.24) is 9.03 Å². The van der Waals surface area contributed by atoms with Gasteiger partial charge in [0.1, 0.15) is 0 Å². The Balaban J connectivity index is 2.90. The molecule has 1 aromatic carbocycles. The van der Waals surface area contributed by atoms with Gasteiger partial charge in [-0.1, -0.05) is 19.1 Å². The number of nitrogens with two attached hydrogens (primary N) is 1. The minimum atomic E-state index is -3.45. The fourth-order valence-electron chi connectivity index (χ4n) is 1.73. The molecule has 0 amide bonds. The molecule has 0 atom stereocenters. The summed E-state index contributed by atoms with van der Waals surface area (Å²) in [6.07, 6.45) is 0.767. The van der Waals surface area contributed by atoms with E-state index in [9.17, 15) is 8.42 Å². The second-order valence-corrected chi connectivity index (χ2v) is 6.49. The van der Waals surface area contributed by atoms with E-state index in [-0.39, 0.29) is 6.04 Å². The van der Waals surface area contributed by atoms with Crippen molar-refractivity contribution in [2.75, 3.05) is 12.3 Å². The maximum absolute atomic E-state index is 12.2.